The highest BCUT2D eigenvalue weighted by atomic mass is 16.5. The molecule has 0 aromatic heterocycles. The Bertz CT molecular complexity index is 200. The minimum Gasteiger partial charge on any atom is -0.395 e. The van der Waals surface area contributed by atoms with E-state index < -0.39 is 0 Å². The Hall–Kier alpha value is -0.200. The molecule has 0 saturated carbocycles. The van der Waals surface area contributed by atoms with Crippen LogP contribution < -0.4 is 5.73 Å². The van der Waals surface area contributed by atoms with Crippen molar-refractivity contribution in [3.8, 4) is 0 Å². The highest BCUT2D eigenvalue weighted by Crippen LogP contribution is 2.13. The third-order valence-electron chi connectivity index (χ3n) is 3.35. The molecule has 0 amide bonds. The number of nitrogens with two attached hydrogens (primary N) is 1. The first-order chi connectivity index (χ1) is 7.60. The van der Waals surface area contributed by atoms with Crippen molar-refractivity contribution in [2.24, 2.45) is 5.73 Å². The van der Waals surface area contributed by atoms with Crippen LogP contribution >= 0.6 is 0 Å². The SMILES string of the molecule is COCC(N)C(CO)N1CCN(C)CC1C. The molecule has 1 fully saturated rings. The number of ether oxygens (including phenoxy) is 1. The van der Waals surface area contributed by atoms with Crippen LogP contribution in [0.25, 0.3) is 0 Å². The topological polar surface area (TPSA) is 62.0 Å². The van der Waals surface area contributed by atoms with Crippen LogP contribution in [0.3, 0.4) is 0 Å². The first-order valence-corrected chi connectivity index (χ1v) is 5.89. The van der Waals surface area contributed by atoms with E-state index in [-0.39, 0.29) is 18.7 Å². The Labute approximate surface area is 98.2 Å². The first kappa shape index (κ1) is 13.9. The molecule has 0 aromatic rings. The lowest BCUT2D eigenvalue weighted by Gasteiger charge is -2.44. The van der Waals surface area contributed by atoms with E-state index in [9.17, 15) is 5.11 Å². The molecule has 3 atom stereocenters. The predicted molar refractivity (Wildman–Crippen MR) is 64.4 cm³/mol. The van der Waals surface area contributed by atoms with Crippen LogP contribution in [0.1, 0.15) is 6.92 Å². The zero-order valence-electron chi connectivity index (χ0n) is 10.6. The number of aliphatic hydroxyl groups is 1. The average molecular weight is 231 g/mol. The minimum atomic E-state index is -0.124. The molecule has 1 aliphatic rings. The van der Waals surface area contributed by atoms with Gasteiger partial charge >= 0.3 is 0 Å². The van der Waals surface area contributed by atoms with Crippen LogP contribution in [0.2, 0.25) is 0 Å². The second-order valence-electron chi connectivity index (χ2n) is 4.72. The molecule has 5 heteroatoms. The number of rotatable bonds is 5. The smallest absolute Gasteiger partial charge is 0.0629 e. The minimum absolute atomic E-state index is 0.00338. The fourth-order valence-electron chi connectivity index (χ4n) is 2.44. The summed E-state index contributed by atoms with van der Waals surface area (Å²) < 4.78 is 5.06. The molecule has 1 rings (SSSR count). The van der Waals surface area contributed by atoms with Gasteiger partial charge in [-0.25, -0.2) is 0 Å². The second-order valence-corrected chi connectivity index (χ2v) is 4.72. The van der Waals surface area contributed by atoms with Crippen molar-refractivity contribution in [3.05, 3.63) is 0 Å². The maximum atomic E-state index is 9.47. The molecule has 1 heterocycles. The Kier molecular flexibility index (Phi) is 5.64. The van der Waals surface area contributed by atoms with E-state index in [1.807, 2.05) is 0 Å². The van der Waals surface area contributed by atoms with E-state index in [1.54, 1.807) is 7.11 Å². The molecule has 1 aliphatic heterocycles. The standard InChI is InChI=1S/C11H25N3O2/c1-9-6-13(2)4-5-14(9)11(7-15)10(12)8-16-3/h9-11,15H,4-8,12H2,1-3H3. The monoisotopic (exact) mass is 231 g/mol. The van der Waals surface area contributed by atoms with Crippen molar-refractivity contribution in [1.82, 2.24) is 9.80 Å². The Balaban J connectivity index is 2.57. The van der Waals surface area contributed by atoms with Crippen LogP contribution in [0.15, 0.2) is 0 Å². The molecule has 0 aliphatic carbocycles. The molecule has 3 N–H and O–H groups in total. The molecule has 96 valence electrons. The van der Waals surface area contributed by atoms with Gasteiger partial charge in [0.2, 0.25) is 0 Å². The summed E-state index contributed by atoms with van der Waals surface area (Å²) in [4.78, 5) is 4.60. The molecular formula is C11H25N3O2. The lowest BCUT2D eigenvalue weighted by Crippen LogP contribution is -2.61. The summed E-state index contributed by atoms with van der Waals surface area (Å²) >= 11 is 0. The lowest BCUT2D eigenvalue weighted by atomic mass is 10.0. The fraction of sp³-hybridized carbons (Fsp3) is 1.00. The lowest BCUT2D eigenvalue weighted by molar-refractivity contribution is 0.0105. The zero-order valence-corrected chi connectivity index (χ0v) is 10.6. The first-order valence-electron chi connectivity index (χ1n) is 5.89. The molecule has 16 heavy (non-hydrogen) atoms. The molecule has 0 radical (unpaired) electrons. The van der Waals surface area contributed by atoms with Crippen LogP contribution in [0, 0.1) is 0 Å². The normalized spacial score (nSPS) is 27.9. The Morgan fingerprint density at radius 2 is 2.19 bits per heavy atom. The Morgan fingerprint density at radius 3 is 2.69 bits per heavy atom. The maximum Gasteiger partial charge on any atom is 0.0629 e. The number of hydrogen-bond donors (Lipinski definition) is 2. The van der Waals surface area contributed by atoms with Crippen LogP contribution in [-0.4, -0.2) is 80.0 Å². The molecule has 0 spiro atoms. The predicted octanol–water partition coefficient (Wildman–Crippen LogP) is -1.04. The van der Waals surface area contributed by atoms with Crippen LogP contribution in [0.5, 0.6) is 0 Å². The van der Waals surface area contributed by atoms with E-state index >= 15 is 0 Å². The van der Waals surface area contributed by atoms with Gasteiger partial charge in [0.05, 0.1) is 19.3 Å². The van der Waals surface area contributed by atoms with Gasteiger partial charge in [-0.3, -0.25) is 4.90 Å². The van der Waals surface area contributed by atoms with E-state index in [0.29, 0.717) is 12.6 Å². The summed E-state index contributed by atoms with van der Waals surface area (Å²) in [7, 11) is 3.76. The van der Waals surface area contributed by atoms with Crippen molar-refractivity contribution >= 4 is 0 Å². The van der Waals surface area contributed by atoms with E-state index in [0.717, 1.165) is 19.6 Å². The summed E-state index contributed by atoms with van der Waals surface area (Å²) in [5.41, 5.74) is 6.03. The number of aliphatic hydroxyl groups excluding tert-OH is 1. The van der Waals surface area contributed by atoms with E-state index in [2.05, 4.69) is 23.8 Å². The molecule has 5 nitrogen and oxygen atoms in total. The number of piperazine rings is 1. The van der Waals surface area contributed by atoms with Gasteiger partial charge in [-0.2, -0.15) is 0 Å². The number of hydrogen-bond acceptors (Lipinski definition) is 5. The molecule has 0 aromatic carbocycles. The molecule has 3 unspecified atom stereocenters. The van der Waals surface area contributed by atoms with Crippen LogP contribution in [-0.2, 0) is 4.74 Å². The largest absolute Gasteiger partial charge is 0.395 e. The molecular weight excluding hydrogens is 206 g/mol. The molecule has 0 bridgehead atoms. The Morgan fingerprint density at radius 1 is 1.50 bits per heavy atom. The van der Waals surface area contributed by atoms with Crippen molar-refractivity contribution in [3.63, 3.8) is 0 Å². The quantitative estimate of drug-likeness (QED) is 0.633. The van der Waals surface area contributed by atoms with Crippen molar-refractivity contribution in [1.29, 1.82) is 0 Å². The maximum absolute atomic E-state index is 9.47. The van der Waals surface area contributed by atoms with Crippen molar-refractivity contribution in [2.45, 2.75) is 25.0 Å². The van der Waals surface area contributed by atoms with Gasteiger partial charge < -0.3 is 20.5 Å². The third-order valence-corrected chi connectivity index (χ3v) is 3.35. The van der Waals surface area contributed by atoms with Crippen LogP contribution in [0.4, 0.5) is 0 Å². The van der Waals surface area contributed by atoms with Crippen molar-refractivity contribution in [2.75, 3.05) is 47.0 Å². The second kappa shape index (κ2) is 6.51. The van der Waals surface area contributed by atoms with Gasteiger partial charge in [-0.1, -0.05) is 0 Å². The third kappa shape index (κ3) is 3.40. The zero-order chi connectivity index (χ0) is 12.1. The summed E-state index contributed by atoms with van der Waals surface area (Å²) in [6.07, 6.45) is 0. The van der Waals surface area contributed by atoms with Crippen molar-refractivity contribution < 1.29 is 9.84 Å². The van der Waals surface area contributed by atoms with E-state index in [1.165, 1.54) is 0 Å². The number of nitrogens with zero attached hydrogens (tertiary/aromatic N) is 2. The highest BCUT2D eigenvalue weighted by molar-refractivity contribution is 4.88. The number of methoxy groups -OCH3 is 1. The van der Waals surface area contributed by atoms with E-state index in [4.69, 9.17) is 10.5 Å². The summed E-state index contributed by atoms with van der Waals surface area (Å²) in [5.74, 6) is 0. The van der Waals surface area contributed by atoms with Gasteiger partial charge in [0, 0.05) is 38.8 Å². The average Bonchev–Trinajstić information content (AvgIpc) is 2.22. The van der Waals surface area contributed by atoms with Gasteiger partial charge in [0.25, 0.3) is 0 Å². The van der Waals surface area contributed by atoms with Gasteiger partial charge in [0.1, 0.15) is 0 Å². The van der Waals surface area contributed by atoms with Gasteiger partial charge in [-0.05, 0) is 14.0 Å². The number of likely N-dealkylation sites (N-methyl/N-ethyl adjacent to an activating group) is 1. The highest BCUT2D eigenvalue weighted by Gasteiger charge is 2.31. The summed E-state index contributed by atoms with van der Waals surface area (Å²) in [5, 5.41) is 9.47. The van der Waals surface area contributed by atoms with Gasteiger partial charge in [-0.15, -0.1) is 0 Å². The fourth-order valence-corrected chi connectivity index (χ4v) is 2.44. The van der Waals surface area contributed by atoms with Gasteiger partial charge in [0.15, 0.2) is 0 Å². The summed E-state index contributed by atoms with van der Waals surface area (Å²) in [6, 6.07) is 0.309. The molecule has 1 saturated heterocycles. The summed E-state index contributed by atoms with van der Waals surface area (Å²) in [6.45, 7) is 5.78.